The Labute approximate surface area is 123 Å². The molecule has 0 atom stereocenters. The van der Waals surface area contributed by atoms with Gasteiger partial charge in [0.2, 0.25) is 0 Å². The fourth-order valence-electron chi connectivity index (χ4n) is 1.73. The second kappa shape index (κ2) is 5.37. The third-order valence-electron chi connectivity index (χ3n) is 2.88. The molecule has 1 aromatic heterocycles. The number of aryl methyl sites for hydroxylation is 1. The Balaban J connectivity index is 2.54. The number of hydrogen-bond donors (Lipinski definition) is 1. The lowest BCUT2D eigenvalue weighted by Crippen LogP contribution is -2.40. The second-order valence-corrected chi connectivity index (χ2v) is 6.14. The van der Waals surface area contributed by atoms with E-state index in [1.54, 1.807) is 0 Å². The van der Waals surface area contributed by atoms with Crippen LogP contribution in [0.3, 0.4) is 0 Å². The van der Waals surface area contributed by atoms with E-state index in [0.717, 1.165) is 29.9 Å². The molecule has 0 aliphatic heterocycles. The Morgan fingerprint density at radius 1 is 1.09 bits per heavy atom. The van der Waals surface area contributed by atoms with Gasteiger partial charge < -0.3 is 4.57 Å². The lowest BCUT2D eigenvalue weighted by Gasteiger charge is -2.10. The van der Waals surface area contributed by atoms with E-state index in [9.17, 15) is 26.8 Å². The van der Waals surface area contributed by atoms with Crippen molar-refractivity contribution in [2.75, 3.05) is 4.72 Å². The fraction of sp³-hybridized carbons (Fsp3) is 0.167. The van der Waals surface area contributed by atoms with Crippen molar-refractivity contribution in [2.45, 2.75) is 4.90 Å². The quantitative estimate of drug-likeness (QED) is 0.868. The SMILES string of the molecule is Cn1cc(S(=O)(=O)Nc2ccc(F)c(F)c2)c(=O)n(C)c1=O. The highest BCUT2D eigenvalue weighted by atomic mass is 32.2. The Bertz CT molecular complexity index is 963. The van der Waals surface area contributed by atoms with Gasteiger partial charge in [-0.05, 0) is 12.1 Å². The third kappa shape index (κ3) is 2.77. The van der Waals surface area contributed by atoms with E-state index < -0.39 is 37.8 Å². The van der Waals surface area contributed by atoms with Crippen molar-refractivity contribution in [2.24, 2.45) is 14.1 Å². The van der Waals surface area contributed by atoms with Crippen LogP contribution in [0.15, 0.2) is 38.9 Å². The number of sulfonamides is 1. The summed E-state index contributed by atoms with van der Waals surface area (Å²) in [6, 6.07) is 2.38. The van der Waals surface area contributed by atoms with Crippen LogP contribution in [0.5, 0.6) is 0 Å². The number of anilines is 1. The van der Waals surface area contributed by atoms with Crippen LogP contribution in [0.1, 0.15) is 0 Å². The van der Waals surface area contributed by atoms with E-state index in [1.807, 2.05) is 4.72 Å². The van der Waals surface area contributed by atoms with Gasteiger partial charge in [-0.2, -0.15) is 0 Å². The minimum atomic E-state index is -4.37. The fourth-order valence-corrected chi connectivity index (χ4v) is 2.94. The number of benzene rings is 1. The zero-order valence-electron chi connectivity index (χ0n) is 11.5. The number of nitrogens with zero attached hydrogens (tertiary/aromatic N) is 2. The molecule has 1 N–H and O–H groups in total. The summed E-state index contributed by atoms with van der Waals surface area (Å²) < 4.78 is 53.8. The molecule has 22 heavy (non-hydrogen) atoms. The lowest BCUT2D eigenvalue weighted by molar-refractivity contribution is 0.509. The molecule has 1 aromatic carbocycles. The van der Waals surface area contributed by atoms with Gasteiger partial charge in [-0.3, -0.25) is 14.1 Å². The molecule has 0 saturated heterocycles. The number of nitrogens with one attached hydrogen (secondary N) is 1. The average Bonchev–Trinajstić information content (AvgIpc) is 2.44. The van der Waals surface area contributed by atoms with Crippen molar-refractivity contribution in [1.82, 2.24) is 9.13 Å². The average molecular weight is 331 g/mol. The Hall–Kier alpha value is -2.49. The first-order valence-electron chi connectivity index (χ1n) is 5.88. The second-order valence-electron chi connectivity index (χ2n) is 4.49. The molecule has 0 saturated carbocycles. The van der Waals surface area contributed by atoms with Crippen LogP contribution in [-0.2, 0) is 24.1 Å². The van der Waals surface area contributed by atoms with E-state index in [0.29, 0.717) is 10.6 Å². The molecule has 0 spiro atoms. The molecule has 0 unspecified atom stereocenters. The number of hydrogen-bond acceptors (Lipinski definition) is 4. The predicted octanol–water partition coefficient (Wildman–Crippen LogP) is 0.163. The van der Waals surface area contributed by atoms with Gasteiger partial charge in [0.15, 0.2) is 16.5 Å². The zero-order chi connectivity index (χ0) is 16.7. The van der Waals surface area contributed by atoms with Crippen molar-refractivity contribution in [3.05, 3.63) is 56.9 Å². The van der Waals surface area contributed by atoms with E-state index in [2.05, 4.69) is 0 Å². The monoisotopic (exact) mass is 331 g/mol. The summed E-state index contributed by atoms with van der Waals surface area (Å²) in [5.74, 6) is -2.38. The van der Waals surface area contributed by atoms with Crippen LogP contribution in [-0.4, -0.2) is 17.6 Å². The highest BCUT2D eigenvalue weighted by Gasteiger charge is 2.22. The van der Waals surface area contributed by atoms with Gasteiger partial charge in [0.1, 0.15) is 0 Å². The maximum Gasteiger partial charge on any atom is 0.330 e. The molecule has 0 aliphatic carbocycles. The van der Waals surface area contributed by atoms with Crippen molar-refractivity contribution in [3.63, 3.8) is 0 Å². The Morgan fingerprint density at radius 3 is 2.32 bits per heavy atom. The summed E-state index contributed by atoms with van der Waals surface area (Å²) in [6.07, 6.45) is 0.854. The maximum atomic E-state index is 13.1. The molecule has 2 aromatic rings. The minimum absolute atomic E-state index is 0.255. The summed E-state index contributed by atoms with van der Waals surface area (Å²) in [4.78, 5) is 22.7. The van der Waals surface area contributed by atoms with E-state index >= 15 is 0 Å². The number of aromatic nitrogens is 2. The largest absolute Gasteiger partial charge is 0.330 e. The predicted molar refractivity (Wildman–Crippen MR) is 74.1 cm³/mol. The van der Waals surface area contributed by atoms with Gasteiger partial charge in [-0.25, -0.2) is 22.0 Å². The summed E-state index contributed by atoms with van der Waals surface area (Å²) >= 11 is 0. The lowest BCUT2D eigenvalue weighted by atomic mass is 10.3. The highest BCUT2D eigenvalue weighted by Crippen LogP contribution is 2.16. The highest BCUT2D eigenvalue weighted by molar-refractivity contribution is 7.92. The van der Waals surface area contributed by atoms with Gasteiger partial charge in [-0.1, -0.05) is 0 Å². The summed E-state index contributed by atoms with van der Waals surface area (Å²) in [6.45, 7) is 0. The first-order chi connectivity index (χ1) is 10.1. The molecule has 7 nitrogen and oxygen atoms in total. The molecule has 1 heterocycles. The molecule has 0 fully saturated rings. The van der Waals surface area contributed by atoms with Gasteiger partial charge in [-0.15, -0.1) is 0 Å². The molecule has 0 amide bonds. The molecule has 0 aliphatic rings. The van der Waals surface area contributed by atoms with Gasteiger partial charge in [0.25, 0.3) is 15.6 Å². The molecular weight excluding hydrogens is 320 g/mol. The molecular formula is C12H11F2N3O4S. The van der Waals surface area contributed by atoms with Crippen molar-refractivity contribution in [1.29, 1.82) is 0 Å². The number of rotatable bonds is 3. The third-order valence-corrected chi connectivity index (χ3v) is 4.24. The summed E-state index contributed by atoms with van der Waals surface area (Å²) in [7, 11) is -1.97. The van der Waals surface area contributed by atoms with E-state index in [1.165, 1.54) is 7.05 Å². The van der Waals surface area contributed by atoms with Gasteiger partial charge in [0.05, 0.1) is 5.69 Å². The normalized spacial score (nSPS) is 11.5. The minimum Gasteiger partial charge on any atom is -0.302 e. The van der Waals surface area contributed by atoms with Crippen LogP contribution >= 0.6 is 0 Å². The van der Waals surface area contributed by atoms with Gasteiger partial charge >= 0.3 is 5.69 Å². The van der Waals surface area contributed by atoms with Crippen LogP contribution < -0.4 is 16.0 Å². The zero-order valence-corrected chi connectivity index (χ0v) is 12.3. The first-order valence-corrected chi connectivity index (χ1v) is 7.36. The Morgan fingerprint density at radius 2 is 1.73 bits per heavy atom. The van der Waals surface area contributed by atoms with E-state index in [4.69, 9.17) is 0 Å². The summed E-state index contributed by atoms with van der Waals surface area (Å²) in [5.41, 5.74) is -1.98. The smallest absolute Gasteiger partial charge is 0.302 e. The summed E-state index contributed by atoms with van der Waals surface area (Å²) in [5, 5.41) is 0. The number of halogens is 2. The molecule has 2 rings (SSSR count). The first kappa shape index (κ1) is 15.9. The standard InChI is InChI=1S/C12H11F2N3O4S/c1-16-6-10(11(18)17(2)12(16)19)22(20,21)15-7-3-4-8(13)9(14)5-7/h3-6,15H,1-2H3. The van der Waals surface area contributed by atoms with Crippen molar-refractivity contribution in [3.8, 4) is 0 Å². The van der Waals surface area contributed by atoms with Crippen LogP contribution in [0.4, 0.5) is 14.5 Å². The van der Waals surface area contributed by atoms with Crippen LogP contribution in [0.2, 0.25) is 0 Å². The maximum absolute atomic E-state index is 13.1. The topological polar surface area (TPSA) is 90.2 Å². The van der Waals surface area contributed by atoms with Crippen LogP contribution in [0.25, 0.3) is 0 Å². The molecule has 10 heteroatoms. The van der Waals surface area contributed by atoms with Crippen molar-refractivity contribution >= 4 is 15.7 Å². The molecule has 118 valence electrons. The van der Waals surface area contributed by atoms with E-state index in [-0.39, 0.29) is 5.69 Å². The van der Waals surface area contributed by atoms with Gasteiger partial charge in [0, 0.05) is 26.4 Å². The van der Waals surface area contributed by atoms with Crippen molar-refractivity contribution < 1.29 is 17.2 Å². The molecule has 0 radical (unpaired) electrons. The molecule has 0 bridgehead atoms. The van der Waals surface area contributed by atoms with Crippen LogP contribution in [0, 0.1) is 11.6 Å². The Kier molecular flexibility index (Phi) is 3.88.